The molecule has 0 aliphatic rings. The molecule has 29 heavy (non-hydrogen) atoms. The molecule has 0 aliphatic carbocycles. The van der Waals surface area contributed by atoms with Gasteiger partial charge in [0.05, 0.1) is 0 Å². The molecule has 0 fully saturated rings. The molecule has 3 rings (SSSR count). The number of halogens is 2. The predicted octanol–water partition coefficient (Wildman–Crippen LogP) is 5.59. The van der Waals surface area contributed by atoms with Crippen molar-refractivity contribution in [2.45, 2.75) is 27.0 Å². The van der Waals surface area contributed by atoms with E-state index in [2.05, 4.69) is 21.2 Å². The highest BCUT2D eigenvalue weighted by Gasteiger charge is 2.21. The van der Waals surface area contributed by atoms with Crippen LogP contribution in [-0.4, -0.2) is 5.91 Å². The van der Waals surface area contributed by atoms with Gasteiger partial charge in [-0.05, 0) is 39.2 Å². The van der Waals surface area contributed by atoms with Crippen LogP contribution in [0.25, 0.3) is 0 Å². The van der Waals surface area contributed by atoms with Crippen LogP contribution in [0.3, 0.4) is 0 Å². The molecule has 1 aromatic heterocycles. The lowest BCUT2D eigenvalue weighted by atomic mass is 10.2. The Hall–Kier alpha value is -2.57. The molecule has 2 aromatic carbocycles. The zero-order chi connectivity index (χ0) is 21.2. The minimum absolute atomic E-state index is 0.136. The Kier molecular flexibility index (Phi) is 8.96. The largest absolute Gasteiger partial charge is 0.481 e. The number of rotatable bonds is 6. The number of benzene rings is 2. The van der Waals surface area contributed by atoms with Gasteiger partial charge >= 0.3 is 0 Å². The summed E-state index contributed by atoms with van der Waals surface area (Å²) in [4.78, 5) is 24.9. The van der Waals surface area contributed by atoms with Crippen molar-refractivity contribution >= 4 is 33.4 Å². The second-order valence-corrected chi connectivity index (χ2v) is 6.95. The quantitative estimate of drug-likeness (QED) is 0.501. The molecule has 0 bridgehead atoms. The van der Waals surface area contributed by atoms with Crippen LogP contribution in [0.15, 0.2) is 74.5 Å². The molecule has 0 aliphatic heterocycles. The summed E-state index contributed by atoms with van der Waals surface area (Å²) in [6, 6.07) is 16.4. The third kappa shape index (κ3) is 6.48. The highest BCUT2D eigenvalue weighted by Crippen LogP contribution is 2.19. The normalized spacial score (nSPS) is 9.93. The molecule has 0 radical (unpaired) electrons. The first-order valence-electron chi connectivity index (χ1n) is 9.05. The van der Waals surface area contributed by atoms with E-state index in [1.807, 2.05) is 50.2 Å². The Bertz CT molecular complexity index is 1010. The second kappa shape index (κ2) is 11.4. The summed E-state index contributed by atoms with van der Waals surface area (Å²) in [5, 5.41) is 3.28. The third-order valence-electron chi connectivity index (χ3n) is 3.68. The number of nitrogens with one attached hydrogen (secondary N) is 1. The van der Waals surface area contributed by atoms with Crippen LogP contribution in [0, 0.1) is 0 Å². The molecule has 7 heteroatoms. The summed E-state index contributed by atoms with van der Waals surface area (Å²) >= 11 is 9.05. The molecule has 0 spiro atoms. The van der Waals surface area contributed by atoms with Gasteiger partial charge in [0.15, 0.2) is 0 Å². The van der Waals surface area contributed by atoms with Crippen LogP contribution in [0.4, 0.5) is 0 Å². The Labute approximate surface area is 182 Å². The van der Waals surface area contributed by atoms with Crippen LogP contribution in [-0.2, 0) is 13.2 Å². The van der Waals surface area contributed by atoms with E-state index in [-0.39, 0.29) is 29.1 Å². The van der Waals surface area contributed by atoms with Crippen molar-refractivity contribution in [1.29, 1.82) is 0 Å². The lowest BCUT2D eigenvalue weighted by Crippen LogP contribution is -2.25. The SMILES string of the molecule is CC.O=C(NCc1cccc(Cl)c1)c1occ(Br)c(=O)c1OCc1ccccc1. The van der Waals surface area contributed by atoms with Gasteiger partial charge in [-0.1, -0.05) is 67.9 Å². The van der Waals surface area contributed by atoms with Crippen LogP contribution in [0.1, 0.15) is 35.5 Å². The van der Waals surface area contributed by atoms with Crippen molar-refractivity contribution in [1.82, 2.24) is 5.32 Å². The smallest absolute Gasteiger partial charge is 0.291 e. The average Bonchev–Trinajstić information content (AvgIpc) is 2.75. The van der Waals surface area contributed by atoms with E-state index in [0.29, 0.717) is 5.02 Å². The molecule has 152 valence electrons. The standard InChI is InChI=1S/C20H15BrClNO4.C2H6/c21-16-12-27-19(20(25)23-10-14-7-4-8-15(22)9-14)18(17(16)24)26-11-13-5-2-1-3-6-13;1-2/h1-9,12H,10-11H2,(H,23,25);1-2H3. The lowest BCUT2D eigenvalue weighted by Gasteiger charge is -2.11. The first-order chi connectivity index (χ1) is 14.0. The summed E-state index contributed by atoms with van der Waals surface area (Å²) in [7, 11) is 0. The van der Waals surface area contributed by atoms with Crippen molar-refractivity contribution in [3.05, 3.63) is 97.5 Å². The number of carbonyl (C=O) groups is 1. The van der Waals surface area contributed by atoms with Crippen LogP contribution in [0.5, 0.6) is 5.75 Å². The highest BCUT2D eigenvalue weighted by atomic mass is 79.9. The van der Waals surface area contributed by atoms with Gasteiger partial charge in [-0.15, -0.1) is 0 Å². The molecule has 0 saturated carbocycles. The van der Waals surface area contributed by atoms with Crippen molar-refractivity contribution in [3.8, 4) is 5.75 Å². The zero-order valence-corrected chi connectivity index (χ0v) is 18.4. The Morgan fingerprint density at radius 2 is 1.79 bits per heavy atom. The maximum atomic E-state index is 12.5. The fourth-order valence-corrected chi connectivity index (χ4v) is 2.84. The van der Waals surface area contributed by atoms with Crippen LogP contribution in [0.2, 0.25) is 5.02 Å². The molecule has 0 atom stereocenters. The van der Waals surface area contributed by atoms with Gasteiger partial charge < -0.3 is 14.5 Å². The van der Waals surface area contributed by atoms with E-state index in [1.54, 1.807) is 18.2 Å². The van der Waals surface area contributed by atoms with Gasteiger partial charge in [0.25, 0.3) is 5.91 Å². The first kappa shape index (κ1) is 22.7. The van der Waals surface area contributed by atoms with Crippen LogP contribution < -0.4 is 15.5 Å². The van der Waals surface area contributed by atoms with E-state index in [0.717, 1.165) is 11.1 Å². The van der Waals surface area contributed by atoms with Gasteiger partial charge in [0, 0.05) is 11.6 Å². The van der Waals surface area contributed by atoms with Crippen LogP contribution >= 0.6 is 27.5 Å². The molecule has 0 unspecified atom stereocenters. The van der Waals surface area contributed by atoms with E-state index in [4.69, 9.17) is 20.8 Å². The van der Waals surface area contributed by atoms with Crippen molar-refractivity contribution in [2.24, 2.45) is 0 Å². The highest BCUT2D eigenvalue weighted by molar-refractivity contribution is 9.10. The molecule has 1 N–H and O–H groups in total. The molecular formula is C22H21BrClNO4. The van der Waals surface area contributed by atoms with Gasteiger partial charge in [-0.25, -0.2) is 0 Å². The van der Waals surface area contributed by atoms with Gasteiger partial charge in [-0.3, -0.25) is 9.59 Å². The number of amides is 1. The second-order valence-electron chi connectivity index (χ2n) is 5.66. The first-order valence-corrected chi connectivity index (χ1v) is 10.2. The van der Waals surface area contributed by atoms with Crippen molar-refractivity contribution in [2.75, 3.05) is 0 Å². The minimum atomic E-state index is -0.553. The van der Waals surface area contributed by atoms with E-state index >= 15 is 0 Å². The fourth-order valence-electron chi connectivity index (χ4n) is 2.36. The van der Waals surface area contributed by atoms with Crippen molar-refractivity contribution < 1.29 is 13.9 Å². The van der Waals surface area contributed by atoms with Crippen molar-refractivity contribution in [3.63, 3.8) is 0 Å². The topological polar surface area (TPSA) is 68.5 Å². The molecule has 3 aromatic rings. The van der Waals surface area contributed by atoms with E-state index < -0.39 is 11.3 Å². The molecule has 0 saturated heterocycles. The summed E-state index contributed by atoms with van der Waals surface area (Å²) < 4.78 is 11.1. The third-order valence-corrected chi connectivity index (χ3v) is 4.47. The molecule has 1 amide bonds. The Morgan fingerprint density at radius 3 is 2.48 bits per heavy atom. The zero-order valence-electron chi connectivity index (χ0n) is 16.1. The van der Waals surface area contributed by atoms with E-state index in [1.165, 1.54) is 6.26 Å². The lowest BCUT2D eigenvalue weighted by molar-refractivity contribution is 0.0912. The monoisotopic (exact) mass is 477 g/mol. The predicted molar refractivity (Wildman–Crippen MR) is 117 cm³/mol. The fraction of sp³-hybridized carbons (Fsp3) is 0.182. The summed E-state index contributed by atoms with van der Waals surface area (Å²) in [6.45, 7) is 4.37. The summed E-state index contributed by atoms with van der Waals surface area (Å²) in [6.07, 6.45) is 1.17. The number of hydrogen-bond donors (Lipinski definition) is 1. The van der Waals surface area contributed by atoms with E-state index in [9.17, 15) is 9.59 Å². The summed E-state index contributed by atoms with van der Waals surface area (Å²) in [5.74, 6) is -0.874. The number of ether oxygens (including phenoxy) is 1. The summed E-state index contributed by atoms with van der Waals surface area (Å²) in [5.41, 5.74) is 1.23. The molecular weight excluding hydrogens is 458 g/mol. The molecule has 1 heterocycles. The maximum absolute atomic E-state index is 12.5. The number of carbonyl (C=O) groups excluding carboxylic acids is 1. The maximum Gasteiger partial charge on any atom is 0.291 e. The minimum Gasteiger partial charge on any atom is -0.481 e. The van der Waals surface area contributed by atoms with Gasteiger partial charge in [0.1, 0.15) is 17.3 Å². The Balaban J connectivity index is 0.00000145. The average molecular weight is 479 g/mol. The number of hydrogen-bond acceptors (Lipinski definition) is 4. The van der Waals surface area contributed by atoms with Gasteiger partial charge in [0.2, 0.25) is 16.9 Å². The molecule has 5 nitrogen and oxygen atoms in total. The Morgan fingerprint density at radius 1 is 1.10 bits per heavy atom. The van der Waals surface area contributed by atoms with Gasteiger partial charge in [-0.2, -0.15) is 0 Å².